The van der Waals surface area contributed by atoms with Crippen LogP contribution in [-0.4, -0.2) is 39.4 Å². The molecule has 6 nitrogen and oxygen atoms in total. The van der Waals surface area contributed by atoms with Gasteiger partial charge in [-0.2, -0.15) is 0 Å². The van der Waals surface area contributed by atoms with Crippen molar-refractivity contribution < 1.29 is 14.2 Å². The lowest BCUT2D eigenvalue weighted by atomic mass is 10.3. The first-order valence-electron chi connectivity index (χ1n) is 8.13. The van der Waals surface area contributed by atoms with Gasteiger partial charge in [-0.1, -0.05) is 12.8 Å². The molecule has 1 aromatic carbocycles. The van der Waals surface area contributed by atoms with Gasteiger partial charge in [-0.25, -0.2) is 0 Å². The molecule has 0 radical (unpaired) electrons. The molecule has 0 spiro atoms. The van der Waals surface area contributed by atoms with Crippen LogP contribution in [-0.2, 0) is 4.74 Å². The van der Waals surface area contributed by atoms with Crippen LogP contribution in [0.25, 0.3) is 0 Å². The molecule has 1 aliphatic rings. The second-order valence-electron chi connectivity index (χ2n) is 5.59. The molecule has 1 aliphatic carbocycles. The van der Waals surface area contributed by atoms with Crippen LogP contribution in [0.2, 0.25) is 0 Å². The SMILES string of the molecule is COc1ccc(NC(N)=NCCCOC2CCCC2)cc1OC. The summed E-state index contributed by atoms with van der Waals surface area (Å²) in [5.74, 6) is 1.71. The third-order valence-corrected chi connectivity index (χ3v) is 3.90. The zero-order valence-electron chi connectivity index (χ0n) is 14.0. The van der Waals surface area contributed by atoms with Gasteiger partial charge in [-0.05, 0) is 31.4 Å². The van der Waals surface area contributed by atoms with Crippen LogP contribution < -0.4 is 20.5 Å². The highest BCUT2D eigenvalue weighted by Gasteiger charge is 2.14. The predicted octanol–water partition coefficient (Wildman–Crippen LogP) is 2.78. The van der Waals surface area contributed by atoms with E-state index in [0.717, 1.165) is 18.7 Å². The van der Waals surface area contributed by atoms with Gasteiger partial charge in [0.2, 0.25) is 0 Å². The largest absolute Gasteiger partial charge is 0.493 e. The highest BCUT2D eigenvalue weighted by molar-refractivity contribution is 5.92. The molecule has 6 heteroatoms. The second kappa shape index (κ2) is 9.25. The van der Waals surface area contributed by atoms with Crippen molar-refractivity contribution >= 4 is 11.6 Å². The summed E-state index contributed by atoms with van der Waals surface area (Å²) in [7, 11) is 3.21. The Balaban J connectivity index is 1.73. The fraction of sp³-hybridized carbons (Fsp3) is 0.588. The highest BCUT2D eigenvalue weighted by atomic mass is 16.5. The molecule has 2 rings (SSSR count). The fourth-order valence-electron chi connectivity index (χ4n) is 2.67. The number of hydrogen-bond donors (Lipinski definition) is 2. The van der Waals surface area contributed by atoms with E-state index < -0.39 is 0 Å². The molecule has 128 valence electrons. The van der Waals surface area contributed by atoms with Crippen molar-refractivity contribution in [3.05, 3.63) is 18.2 Å². The summed E-state index contributed by atoms with van der Waals surface area (Å²) >= 11 is 0. The van der Waals surface area contributed by atoms with Crippen molar-refractivity contribution in [1.82, 2.24) is 0 Å². The number of benzene rings is 1. The van der Waals surface area contributed by atoms with Gasteiger partial charge in [0, 0.05) is 24.9 Å². The molecule has 0 unspecified atom stereocenters. The molecular weight excluding hydrogens is 294 g/mol. The van der Waals surface area contributed by atoms with Crippen LogP contribution in [0.1, 0.15) is 32.1 Å². The Morgan fingerprint density at radius 2 is 1.96 bits per heavy atom. The van der Waals surface area contributed by atoms with E-state index in [0.29, 0.717) is 30.1 Å². The van der Waals surface area contributed by atoms with E-state index in [4.69, 9.17) is 19.9 Å². The number of methoxy groups -OCH3 is 2. The van der Waals surface area contributed by atoms with Crippen molar-refractivity contribution in [2.24, 2.45) is 10.7 Å². The van der Waals surface area contributed by atoms with Crippen LogP contribution in [0.15, 0.2) is 23.2 Å². The average Bonchev–Trinajstić information content (AvgIpc) is 3.07. The summed E-state index contributed by atoms with van der Waals surface area (Å²) in [5, 5.41) is 3.05. The van der Waals surface area contributed by atoms with E-state index in [2.05, 4.69) is 10.3 Å². The number of rotatable bonds is 8. The molecule has 0 bridgehead atoms. The number of nitrogens with two attached hydrogens (primary N) is 1. The Bertz CT molecular complexity index is 514. The molecular formula is C17H27N3O3. The number of anilines is 1. The minimum atomic E-state index is 0.387. The van der Waals surface area contributed by atoms with Crippen LogP contribution in [0.4, 0.5) is 5.69 Å². The summed E-state index contributed by atoms with van der Waals surface area (Å²) in [4.78, 5) is 4.31. The molecule has 1 aromatic rings. The van der Waals surface area contributed by atoms with Crippen molar-refractivity contribution in [2.45, 2.75) is 38.2 Å². The minimum absolute atomic E-state index is 0.387. The van der Waals surface area contributed by atoms with Crippen LogP contribution in [0.5, 0.6) is 11.5 Å². The zero-order chi connectivity index (χ0) is 16.5. The molecule has 23 heavy (non-hydrogen) atoms. The van der Waals surface area contributed by atoms with E-state index in [9.17, 15) is 0 Å². The first-order chi connectivity index (χ1) is 11.2. The van der Waals surface area contributed by atoms with E-state index in [-0.39, 0.29) is 0 Å². The van der Waals surface area contributed by atoms with Gasteiger partial charge in [0.15, 0.2) is 17.5 Å². The van der Waals surface area contributed by atoms with Crippen molar-refractivity contribution in [1.29, 1.82) is 0 Å². The maximum absolute atomic E-state index is 5.90. The Morgan fingerprint density at radius 3 is 2.65 bits per heavy atom. The number of nitrogens with one attached hydrogen (secondary N) is 1. The summed E-state index contributed by atoms with van der Waals surface area (Å²) in [5.41, 5.74) is 6.71. The van der Waals surface area contributed by atoms with Gasteiger partial charge in [0.25, 0.3) is 0 Å². The first-order valence-corrected chi connectivity index (χ1v) is 8.13. The standard InChI is InChI=1S/C17H27N3O3/c1-21-15-9-8-13(12-16(15)22-2)20-17(18)19-10-5-11-23-14-6-3-4-7-14/h8-9,12,14H,3-7,10-11H2,1-2H3,(H3,18,19,20). The Kier molecular flexibility index (Phi) is 7.00. The molecule has 0 aliphatic heterocycles. The molecule has 1 fully saturated rings. The number of ether oxygens (including phenoxy) is 3. The van der Waals surface area contributed by atoms with Gasteiger partial charge in [0.05, 0.1) is 20.3 Å². The lowest BCUT2D eigenvalue weighted by Crippen LogP contribution is -2.23. The van der Waals surface area contributed by atoms with Crippen molar-refractivity contribution in [3.63, 3.8) is 0 Å². The molecule has 0 saturated heterocycles. The topological polar surface area (TPSA) is 78.1 Å². The van der Waals surface area contributed by atoms with Gasteiger partial charge >= 0.3 is 0 Å². The summed E-state index contributed by atoms with van der Waals surface area (Å²) < 4.78 is 16.3. The third-order valence-electron chi connectivity index (χ3n) is 3.90. The number of aliphatic imine (C=N–C) groups is 1. The molecule has 3 N–H and O–H groups in total. The Hall–Kier alpha value is -1.95. The molecule has 0 aromatic heterocycles. The quantitative estimate of drug-likeness (QED) is 0.437. The summed E-state index contributed by atoms with van der Waals surface area (Å²) in [6, 6.07) is 5.52. The summed E-state index contributed by atoms with van der Waals surface area (Å²) in [6.45, 7) is 1.40. The number of guanidine groups is 1. The first kappa shape index (κ1) is 17.4. The zero-order valence-corrected chi connectivity index (χ0v) is 14.0. The monoisotopic (exact) mass is 321 g/mol. The van der Waals surface area contributed by atoms with Gasteiger partial charge in [0.1, 0.15) is 0 Å². The maximum atomic E-state index is 5.90. The van der Waals surface area contributed by atoms with Crippen molar-refractivity contribution in [3.8, 4) is 11.5 Å². The number of hydrogen-bond acceptors (Lipinski definition) is 4. The van der Waals surface area contributed by atoms with Crippen LogP contribution >= 0.6 is 0 Å². The smallest absolute Gasteiger partial charge is 0.193 e. The maximum Gasteiger partial charge on any atom is 0.193 e. The average molecular weight is 321 g/mol. The molecule has 0 heterocycles. The summed E-state index contributed by atoms with van der Waals surface area (Å²) in [6.07, 6.45) is 6.33. The number of nitrogens with zero attached hydrogens (tertiary/aromatic N) is 1. The molecule has 0 atom stereocenters. The van der Waals surface area contributed by atoms with Gasteiger partial charge < -0.3 is 25.3 Å². The fourth-order valence-corrected chi connectivity index (χ4v) is 2.67. The van der Waals surface area contributed by atoms with Gasteiger partial charge in [-0.3, -0.25) is 4.99 Å². The lowest BCUT2D eigenvalue weighted by Gasteiger charge is -2.11. The molecule has 0 amide bonds. The van der Waals surface area contributed by atoms with E-state index >= 15 is 0 Å². The lowest BCUT2D eigenvalue weighted by molar-refractivity contribution is 0.0579. The molecule has 1 saturated carbocycles. The highest BCUT2D eigenvalue weighted by Crippen LogP contribution is 2.29. The minimum Gasteiger partial charge on any atom is -0.493 e. The van der Waals surface area contributed by atoms with E-state index in [1.54, 1.807) is 14.2 Å². The second-order valence-corrected chi connectivity index (χ2v) is 5.59. The predicted molar refractivity (Wildman–Crippen MR) is 92.5 cm³/mol. The van der Waals surface area contributed by atoms with Crippen LogP contribution in [0, 0.1) is 0 Å². The van der Waals surface area contributed by atoms with E-state index in [1.165, 1.54) is 25.7 Å². The Labute approximate surface area is 138 Å². The third kappa shape index (κ3) is 5.63. The van der Waals surface area contributed by atoms with Gasteiger partial charge in [-0.15, -0.1) is 0 Å². The normalized spacial score (nSPS) is 15.7. The van der Waals surface area contributed by atoms with Crippen LogP contribution in [0.3, 0.4) is 0 Å². The Morgan fingerprint density at radius 1 is 1.22 bits per heavy atom. The van der Waals surface area contributed by atoms with E-state index in [1.807, 2.05) is 18.2 Å². The van der Waals surface area contributed by atoms with Crippen molar-refractivity contribution in [2.75, 3.05) is 32.7 Å².